The fraction of sp³-hybridized carbons (Fsp3) is 0.286. The zero-order chi connectivity index (χ0) is 20.3. The lowest BCUT2D eigenvalue weighted by molar-refractivity contribution is 0.188. The van der Waals surface area contributed by atoms with Crippen LogP contribution in [-0.2, 0) is 7.05 Å². The largest absolute Gasteiger partial charge is 0.322 e. The van der Waals surface area contributed by atoms with Gasteiger partial charge in [-0.25, -0.2) is 9.78 Å². The van der Waals surface area contributed by atoms with Crippen LogP contribution in [-0.4, -0.2) is 27.0 Å². The van der Waals surface area contributed by atoms with Gasteiger partial charge in [-0.05, 0) is 53.5 Å². The van der Waals surface area contributed by atoms with Gasteiger partial charge in [-0.2, -0.15) is 0 Å². The predicted octanol–water partition coefficient (Wildman–Crippen LogP) is 4.70. The lowest BCUT2D eigenvalue weighted by Crippen LogP contribution is -2.40. The normalized spacial score (nSPS) is 12.0. The first-order chi connectivity index (χ1) is 13.4. The van der Waals surface area contributed by atoms with Gasteiger partial charge >= 0.3 is 6.03 Å². The molecule has 1 N–H and O–H groups in total. The van der Waals surface area contributed by atoms with Crippen molar-refractivity contribution in [3.05, 3.63) is 69.2 Å². The van der Waals surface area contributed by atoms with E-state index >= 15 is 0 Å². The van der Waals surface area contributed by atoms with Gasteiger partial charge in [0.1, 0.15) is 5.82 Å². The number of halogens is 1. The second-order valence-corrected chi connectivity index (χ2v) is 7.49. The van der Waals surface area contributed by atoms with Gasteiger partial charge in [0.25, 0.3) is 5.56 Å². The smallest absolute Gasteiger partial charge is 0.315 e. The highest BCUT2D eigenvalue weighted by Crippen LogP contribution is 2.24. The third kappa shape index (κ3) is 3.94. The maximum Gasteiger partial charge on any atom is 0.322 e. The fourth-order valence-electron chi connectivity index (χ4n) is 3.21. The van der Waals surface area contributed by atoms with Crippen LogP contribution in [0.2, 0.25) is 0 Å². The summed E-state index contributed by atoms with van der Waals surface area (Å²) in [4.78, 5) is 32.1. The quantitative estimate of drug-likeness (QED) is 0.622. The molecular weight excluding hydrogens is 420 g/mol. The van der Waals surface area contributed by atoms with Crippen LogP contribution in [0.5, 0.6) is 0 Å². The van der Waals surface area contributed by atoms with Crippen LogP contribution in [0.25, 0.3) is 10.9 Å². The molecule has 1 heterocycles. The van der Waals surface area contributed by atoms with Crippen molar-refractivity contribution >= 4 is 38.6 Å². The number of amides is 2. The number of nitrogens with one attached hydrogen (secondary N) is 1. The number of fused-ring (bicyclic) bond motifs is 1. The molecule has 6 nitrogen and oxygen atoms in total. The molecule has 0 fully saturated rings. The molecule has 1 aromatic heterocycles. The molecule has 0 aliphatic carbocycles. The first-order valence-corrected chi connectivity index (χ1v) is 10.0. The molecule has 0 aliphatic heterocycles. The SMILES string of the molecule is CCCN(C(=O)Nc1ccccc1Br)C(C)c1nc2ccccc2c(=O)n1C. The zero-order valence-corrected chi connectivity index (χ0v) is 17.7. The van der Waals surface area contributed by atoms with Gasteiger partial charge in [0.15, 0.2) is 0 Å². The van der Waals surface area contributed by atoms with Gasteiger partial charge in [0.2, 0.25) is 0 Å². The number of anilines is 1. The topological polar surface area (TPSA) is 67.2 Å². The third-order valence-electron chi connectivity index (χ3n) is 4.70. The summed E-state index contributed by atoms with van der Waals surface area (Å²) in [5, 5.41) is 3.51. The van der Waals surface area contributed by atoms with Crippen LogP contribution in [0, 0.1) is 0 Å². The number of carbonyl (C=O) groups is 1. The minimum absolute atomic E-state index is 0.116. The van der Waals surface area contributed by atoms with Crippen molar-refractivity contribution in [3.63, 3.8) is 0 Å². The summed E-state index contributed by atoms with van der Waals surface area (Å²) in [6.07, 6.45) is 0.787. The molecule has 1 unspecified atom stereocenters. The fourth-order valence-corrected chi connectivity index (χ4v) is 3.59. The van der Waals surface area contributed by atoms with Crippen LogP contribution in [0.4, 0.5) is 10.5 Å². The number of nitrogens with zero attached hydrogens (tertiary/aromatic N) is 3. The first kappa shape index (κ1) is 20.1. The Bertz CT molecular complexity index is 1060. The van der Waals surface area contributed by atoms with Crippen molar-refractivity contribution in [3.8, 4) is 0 Å². The summed E-state index contributed by atoms with van der Waals surface area (Å²) in [7, 11) is 1.70. The highest BCUT2D eigenvalue weighted by atomic mass is 79.9. The van der Waals surface area contributed by atoms with E-state index in [1.54, 1.807) is 18.0 Å². The standard InChI is InChI=1S/C21H23BrN4O2/c1-4-13-26(21(28)24-18-12-8-6-10-16(18)22)14(2)19-23-17-11-7-5-9-15(17)20(27)25(19)3/h5-12,14H,4,13H2,1-3H3,(H,24,28). The van der Waals surface area contributed by atoms with Gasteiger partial charge in [0, 0.05) is 18.1 Å². The van der Waals surface area contributed by atoms with Crippen LogP contribution in [0.15, 0.2) is 57.8 Å². The molecule has 146 valence electrons. The second kappa shape index (κ2) is 8.56. The first-order valence-electron chi connectivity index (χ1n) is 9.21. The van der Waals surface area contributed by atoms with Crippen LogP contribution >= 0.6 is 15.9 Å². The minimum Gasteiger partial charge on any atom is -0.315 e. The number of hydrogen-bond donors (Lipinski definition) is 1. The molecule has 2 amide bonds. The average molecular weight is 443 g/mol. The highest BCUT2D eigenvalue weighted by molar-refractivity contribution is 9.10. The van der Waals surface area contributed by atoms with E-state index in [1.807, 2.05) is 56.3 Å². The Labute approximate surface area is 172 Å². The summed E-state index contributed by atoms with van der Waals surface area (Å²) in [5.74, 6) is 0.555. The van der Waals surface area contributed by atoms with E-state index in [2.05, 4.69) is 26.2 Å². The van der Waals surface area contributed by atoms with E-state index in [4.69, 9.17) is 0 Å². The molecule has 3 rings (SSSR count). The number of carbonyl (C=O) groups excluding carboxylic acids is 1. The summed E-state index contributed by atoms with van der Waals surface area (Å²) in [5.41, 5.74) is 1.21. The monoisotopic (exact) mass is 442 g/mol. The van der Waals surface area contributed by atoms with Gasteiger partial charge in [0.05, 0.1) is 22.6 Å². The van der Waals surface area contributed by atoms with Crippen molar-refractivity contribution in [2.24, 2.45) is 7.05 Å². The molecule has 2 aromatic carbocycles. The Morgan fingerprint density at radius 3 is 2.61 bits per heavy atom. The molecule has 0 spiro atoms. The average Bonchev–Trinajstić information content (AvgIpc) is 2.70. The van der Waals surface area contributed by atoms with Crippen molar-refractivity contribution < 1.29 is 4.79 Å². The molecule has 7 heteroatoms. The van der Waals surface area contributed by atoms with Crippen molar-refractivity contribution in [1.29, 1.82) is 0 Å². The molecule has 0 saturated heterocycles. The number of urea groups is 1. The van der Waals surface area contributed by atoms with Gasteiger partial charge < -0.3 is 10.2 Å². The number of hydrogen-bond acceptors (Lipinski definition) is 3. The van der Waals surface area contributed by atoms with Crippen LogP contribution < -0.4 is 10.9 Å². The van der Waals surface area contributed by atoms with E-state index in [-0.39, 0.29) is 17.6 Å². The maximum atomic E-state index is 13.0. The summed E-state index contributed by atoms with van der Waals surface area (Å²) in [6.45, 7) is 4.45. The van der Waals surface area contributed by atoms with Gasteiger partial charge in [-0.1, -0.05) is 31.2 Å². The lowest BCUT2D eigenvalue weighted by atomic mass is 10.2. The maximum absolute atomic E-state index is 13.0. The van der Waals surface area contributed by atoms with Gasteiger partial charge in [-0.15, -0.1) is 0 Å². The zero-order valence-electron chi connectivity index (χ0n) is 16.1. The summed E-state index contributed by atoms with van der Waals surface area (Å²) in [6, 6.07) is 14.1. The lowest BCUT2D eigenvalue weighted by Gasteiger charge is -2.30. The van der Waals surface area contributed by atoms with Crippen molar-refractivity contribution in [1.82, 2.24) is 14.5 Å². The molecule has 28 heavy (non-hydrogen) atoms. The van der Waals surface area contributed by atoms with Crippen molar-refractivity contribution in [2.75, 3.05) is 11.9 Å². The Kier molecular flexibility index (Phi) is 6.14. The molecule has 3 aromatic rings. The van der Waals surface area contributed by atoms with E-state index in [0.717, 1.165) is 10.9 Å². The number of aromatic nitrogens is 2. The second-order valence-electron chi connectivity index (χ2n) is 6.63. The Hall–Kier alpha value is -2.67. The predicted molar refractivity (Wildman–Crippen MR) is 116 cm³/mol. The molecule has 0 bridgehead atoms. The Morgan fingerprint density at radius 2 is 1.89 bits per heavy atom. The molecular formula is C21H23BrN4O2. The molecule has 0 radical (unpaired) electrons. The number of benzene rings is 2. The van der Waals surface area contributed by atoms with Crippen molar-refractivity contribution in [2.45, 2.75) is 26.3 Å². The summed E-state index contributed by atoms with van der Waals surface area (Å²) < 4.78 is 2.34. The third-order valence-corrected chi connectivity index (χ3v) is 5.39. The number of rotatable bonds is 5. The van der Waals surface area contributed by atoms with E-state index in [1.165, 1.54) is 4.57 Å². The molecule has 1 atom stereocenters. The Morgan fingerprint density at radius 1 is 1.21 bits per heavy atom. The Balaban J connectivity index is 1.97. The van der Waals surface area contributed by atoms with Crippen LogP contribution in [0.1, 0.15) is 32.1 Å². The molecule has 0 aliphatic rings. The van der Waals surface area contributed by atoms with E-state index < -0.39 is 0 Å². The minimum atomic E-state index is -0.371. The van der Waals surface area contributed by atoms with Crippen LogP contribution in [0.3, 0.4) is 0 Å². The number of para-hydroxylation sites is 2. The van der Waals surface area contributed by atoms with E-state index in [0.29, 0.717) is 29.0 Å². The highest BCUT2D eigenvalue weighted by Gasteiger charge is 2.25. The van der Waals surface area contributed by atoms with E-state index in [9.17, 15) is 9.59 Å². The molecule has 0 saturated carbocycles. The summed E-state index contributed by atoms with van der Waals surface area (Å²) >= 11 is 3.45. The van der Waals surface area contributed by atoms with Gasteiger partial charge in [-0.3, -0.25) is 9.36 Å².